The molecule has 0 spiro atoms. The summed E-state index contributed by atoms with van der Waals surface area (Å²) in [6, 6.07) is 4.93. The van der Waals surface area contributed by atoms with E-state index in [4.69, 9.17) is 4.74 Å². The van der Waals surface area contributed by atoms with Gasteiger partial charge in [0, 0.05) is 26.0 Å². The Morgan fingerprint density at radius 2 is 2.28 bits per heavy atom. The molecule has 96 valence electrons. The third-order valence-corrected chi connectivity index (χ3v) is 2.62. The van der Waals surface area contributed by atoms with Crippen LogP contribution in [-0.2, 0) is 11.3 Å². The summed E-state index contributed by atoms with van der Waals surface area (Å²) < 4.78 is 20.5. The Bertz CT molecular complexity index is 525. The number of hydrogen-bond donors (Lipinski definition) is 1. The lowest BCUT2D eigenvalue weighted by Crippen LogP contribution is -2.08. The molecule has 0 fully saturated rings. The Balaban J connectivity index is 2.18. The van der Waals surface area contributed by atoms with Crippen LogP contribution in [0, 0.1) is 12.7 Å². The number of nitrogens with zero attached hydrogens (tertiary/aromatic N) is 2. The molecule has 4 nitrogen and oxygen atoms in total. The van der Waals surface area contributed by atoms with Gasteiger partial charge in [-0.1, -0.05) is 6.07 Å². The first kappa shape index (κ1) is 12.6. The molecule has 2 aromatic rings. The van der Waals surface area contributed by atoms with Crippen LogP contribution in [0.15, 0.2) is 30.6 Å². The van der Waals surface area contributed by atoms with Crippen LogP contribution in [0.25, 0.3) is 0 Å². The first-order chi connectivity index (χ1) is 8.70. The summed E-state index contributed by atoms with van der Waals surface area (Å²) in [5.41, 5.74) is 1.42. The van der Waals surface area contributed by atoms with Crippen molar-refractivity contribution in [2.24, 2.45) is 0 Å². The van der Waals surface area contributed by atoms with Crippen LogP contribution in [0.4, 0.5) is 16.0 Å². The van der Waals surface area contributed by atoms with Gasteiger partial charge in [0.15, 0.2) is 0 Å². The van der Waals surface area contributed by atoms with Crippen molar-refractivity contribution in [3.63, 3.8) is 0 Å². The molecule has 5 heteroatoms. The van der Waals surface area contributed by atoms with Crippen LogP contribution in [0.2, 0.25) is 0 Å². The number of aromatic nitrogens is 2. The zero-order chi connectivity index (χ0) is 13.0. The summed E-state index contributed by atoms with van der Waals surface area (Å²) in [7, 11) is 1.64. The summed E-state index contributed by atoms with van der Waals surface area (Å²) in [5.74, 6) is 0.318. The SMILES string of the molecule is COCCn1ccnc1Nc1cc(C)ccc1F. The van der Waals surface area contributed by atoms with Gasteiger partial charge in [0.1, 0.15) is 5.82 Å². The van der Waals surface area contributed by atoms with Crippen molar-refractivity contribution in [3.8, 4) is 0 Å². The first-order valence-corrected chi connectivity index (χ1v) is 5.74. The molecule has 0 aliphatic carbocycles. The van der Waals surface area contributed by atoms with E-state index in [-0.39, 0.29) is 5.82 Å². The average molecular weight is 249 g/mol. The van der Waals surface area contributed by atoms with Crippen molar-refractivity contribution < 1.29 is 9.13 Å². The molecule has 0 atom stereocenters. The minimum atomic E-state index is -0.290. The minimum absolute atomic E-state index is 0.290. The molecule has 1 aromatic carbocycles. The highest BCUT2D eigenvalue weighted by atomic mass is 19.1. The molecule has 18 heavy (non-hydrogen) atoms. The van der Waals surface area contributed by atoms with Gasteiger partial charge >= 0.3 is 0 Å². The van der Waals surface area contributed by atoms with Crippen LogP contribution >= 0.6 is 0 Å². The van der Waals surface area contributed by atoms with Gasteiger partial charge in [0.25, 0.3) is 0 Å². The van der Waals surface area contributed by atoms with E-state index < -0.39 is 0 Å². The lowest BCUT2D eigenvalue weighted by Gasteiger charge is -2.10. The lowest BCUT2D eigenvalue weighted by atomic mass is 10.2. The third kappa shape index (κ3) is 2.87. The molecule has 1 N–H and O–H groups in total. The fraction of sp³-hybridized carbons (Fsp3) is 0.308. The van der Waals surface area contributed by atoms with Gasteiger partial charge < -0.3 is 14.6 Å². The molecule has 0 aliphatic rings. The zero-order valence-electron chi connectivity index (χ0n) is 10.5. The van der Waals surface area contributed by atoms with E-state index >= 15 is 0 Å². The fourth-order valence-corrected chi connectivity index (χ4v) is 1.66. The van der Waals surface area contributed by atoms with Crippen LogP contribution in [0.5, 0.6) is 0 Å². The zero-order valence-corrected chi connectivity index (χ0v) is 10.5. The lowest BCUT2D eigenvalue weighted by molar-refractivity contribution is 0.188. The summed E-state index contributed by atoms with van der Waals surface area (Å²) in [4.78, 5) is 4.16. The highest BCUT2D eigenvalue weighted by Gasteiger charge is 2.06. The van der Waals surface area contributed by atoms with Crippen LogP contribution in [0.3, 0.4) is 0 Å². The number of nitrogens with one attached hydrogen (secondary N) is 1. The second-order valence-corrected chi connectivity index (χ2v) is 4.05. The molecular formula is C13H16FN3O. The maximum Gasteiger partial charge on any atom is 0.207 e. The van der Waals surface area contributed by atoms with Crippen molar-refractivity contribution in [3.05, 3.63) is 42.0 Å². The molecule has 0 amide bonds. The molecule has 0 unspecified atom stereocenters. The van der Waals surface area contributed by atoms with Crippen molar-refractivity contribution in [2.75, 3.05) is 19.0 Å². The second-order valence-electron chi connectivity index (χ2n) is 4.05. The number of hydrogen-bond acceptors (Lipinski definition) is 3. The maximum atomic E-state index is 13.6. The van der Waals surface area contributed by atoms with E-state index in [9.17, 15) is 4.39 Å². The van der Waals surface area contributed by atoms with Gasteiger partial charge in [-0.3, -0.25) is 0 Å². The van der Waals surface area contributed by atoms with Crippen molar-refractivity contribution in [1.82, 2.24) is 9.55 Å². The van der Waals surface area contributed by atoms with Gasteiger partial charge in [-0.15, -0.1) is 0 Å². The molecule has 1 aromatic heterocycles. The van der Waals surface area contributed by atoms with E-state index in [1.54, 1.807) is 25.4 Å². The second kappa shape index (κ2) is 5.64. The number of benzene rings is 1. The Morgan fingerprint density at radius 3 is 3.06 bits per heavy atom. The van der Waals surface area contributed by atoms with Crippen LogP contribution < -0.4 is 5.32 Å². The van der Waals surface area contributed by atoms with Gasteiger partial charge in [0.05, 0.1) is 12.3 Å². The standard InChI is InChI=1S/C13H16FN3O/c1-10-3-4-11(14)12(9-10)16-13-15-5-6-17(13)7-8-18-2/h3-6,9H,7-8H2,1-2H3,(H,15,16). The van der Waals surface area contributed by atoms with E-state index in [0.717, 1.165) is 5.56 Å². The number of halogens is 1. The molecule has 1 heterocycles. The molecule has 0 saturated heterocycles. The summed E-state index contributed by atoms with van der Waals surface area (Å²) in [6.07, 6.45) is 3.50. The van der Waals surface area contributed by atoms with Gasteiger partial charge in [-0.05, 0) is 24.6 Å². The molecule has 0 saturated carbocycles. The molecule has 0 bridgehead atoms. The van der Waals surface area contributed by atoms with Crippen LogP contribution in [0.1, 0.15) is 5.56 Å². The number of rotatable bonds is 5. The predicted molar refractivity (Wildman–Crippen MR) is 68.5 cm³/mol. The van der Waals surface area contributed by atoms with Gasteiger partial charge in [0.2, 0.25) is 5.95 Å². The highest BCUT2D eigenvalue weighted by molar-refractivity contribution is 5.55. The molecule has 2 rings (SSSR count). The molecule has 0 aliphatic heterocycles. The van der Waals surface area contributed by atoms with E-state index in [1.807, 2.05) is 17.7 Å². The smallest absolute Gasteiger partial charge is 0.207 e. The fourth-order valence-electron chi connectivity index (χ4n) is 1.66. The van der Waals surface area contributed by atoms with Crippen molar-refractivity contribution in [2.45, 2.75) is 13.5 Å². The normalized spacial score (nSPS) is 10.6. The number of anilines is 2. The maximum absolute atomic E-state index is 13.6. The van der Waals surface area contributed by atoms with Crippen molar-refractivity contribution >= 4 is 11.6 Å². The summed E-state index contributed by atoms with van der Waals surface area (Å²) in [5, 5.41) is 2.99. The van der Waals surface area contributed by atoms with Gasteiger partial charge in [-0.25, -0.2) is 9.37 Å². The Labute approximate surface area is 105 Å². The Kier molecular flexibility index (Phi) is 3.94. The number of methoxy groups -OCH3 is 1. The third-order valence-electron chi connectivity index (χ3n) is 2.62. The number of ether oxygens (including phenoxy) is 1. The van der Waals surface area contributed by atoms with Crippen molar-refractivity contribution in [1.29, 1.82) is 0 Å². The number of aryl methyl sites for hydroxylation is 1. The minimum Gasteiger partial charge on any atom is -0.383 e. The summed E-state index contributed by atoms with van der Waals surface area (Å²) in [6.45, 7) is 3.18. The number of imidazole rings is 1. The van der Waals surface area contributed by atoms with E-state index in [2.05, 4.69) is 10.3 Å². The topological polar surface area (TPSA) is 39.1 Å². The first-order valence-electron chi connectivity index (χ1n) is 5.74. The van der Waals surface area contributed by atoms with Gasteiger partial charge in [-0.2, -0.15) is 0 Å². The quantitative estimate of drug-likeness (QED) is 0.885. The molecular weight excluding hydrogens is 233 g/mol. The Hall–Kier alpha value is -1.88. The average Bonchev–Trinajstić information content (AvgIpc) is 2.79. The molecule has 0 radical (unpaired) electrons. The Morgan fingerprint density at radius 1 is 1.44 bits per heavy atom. The largest absolute Gasteiger partial charge is 0.383 e. The van der Waals surface area contributed by atoms with E-state index in [1.165, 1.54) is 6.07 Å². The highest BCUT2D eigenvalue weighted by Crippen LogP contribution is 2.20. The predicted octanol–water partition coefficient (Wildman–Crippen LogP) is 2.72. The monoisotopic (exact) mass is 249 g/mol. The summed E-state index contributed by atoms with van der Waals surface area (Å²) >= 11 is 0. The van der Waals surface area contributed by atoms with Crippen LogP contribution in [-0.4, -0.2) is 23.3 Å². The van der Waals surface area contributed by atoms with E-state index in [0.29, 0.717) is 24.8 Å².